The molecule has 0 aromatic carbocycles. The van der Waals surface area contributed by atoms with Crippen LogP contribution < -0.4 is 5.32 Å². The average Bonchev–Trinajstić information content (AvgIpc) is 2.41. The number of carbonyl (C=O) groups excluding carboxylic acids is 1. The maximum Gasteiger partial charge on any atom is 2.00 e. The number of hydrogen-bond donors (Lipinski definition) is 1. The van der Waals surface area contributed by atoms with E-state index in [0.29, 0.717) is 13.0 Å². The minimum Gasteiger partial charge on any atom is -0.398 e. The predicted octanol–water partition coefficient (Wildman–Crippen LogP) is 1.91. The van der Waals surface area contributed by atoms with Crippen LogP contribution in [0.5, 0.6) is 0 Å². The standard InChI is InChI=1S/C13H19F3N2O3.U/c1-4-10(2)8-17-12(19)11(18-20-3)6-5-7-21-9-13(14,15)16;/h5-6,10H,1-2,4,7-9H2,3H3,(H,17,19);/q-2;+2/b6-5+,18-11+;. The van der Waals surface area contributed by atoms with Crippen molar-refractivity contribution in [3.63, 3.8) is 0 Å². The molecule has 1 unspecified atom stereocenters. The second kappa shape index (κ2) is 13.0. The quantitative estimate of drug-likeness (QED) is 0.208. The van der Waals surface area contributed by atoms with Crippen LogP contribution in [-0.4, -0.2) is 44.7 Å². The van der Waals surface area contributed by atoms with E-state index in [1.54, 1.807) is 0 Å². The van der Waals surface area contributed by atoms with Crippen molar-refractivity contribution >= 4 is 11.6 Å². The summed E-state index contributed by atoms with van der Waals surface area (Å²) >= 11 is 0. The first-order valence-corrected chi connectivity index (χ1v) is 6.12. The first-order chi connectivity index (χ1) is 9.80. The summed E-state index contributed by atoms with van der Waals surface area (Å²) in [6, 6.07) is 0. The smallest absolute Gasteiger partial charge is 0.398 e. The number of amides is 1. The van der Waals surface area contributed by atoms with Crippen molar-refractivity contribution in [1.82, 2.24) is 5.32 Å². The molecule has 0 aromatic heterocycles. The Morgan fingerprint density at radius 3 is 2.59 bits per heavy atom. The van der Waals surface area contributed by atoms with E-state index in [2.05, 4.69) is 33.9 Å². The van der Waals surface area contributed by atoms with Crippen LogP contribution in [0.3, 0.4) is 0 Å². The average molecular weight is 546 g/mol. The van der Waals surface area contributed by atoms with Crippen LogP contribution in [0, 0.1) is 50.9 Å². The van der Waals surface area contributed by atoms with Crippen molar-refractivity contribution in [2.75, 3.05) is 26.9 Å². The van der Waals surface area contributed by atoms with Crippen molar-refractivity contribution < 1.29 is 58.7 Å². The monoisotopic (exact) mass is 546 g/mol. The summed E-state index contributed by atoms with van der Waals surface area (Å²) in [6.07, 6.45) is -1.37. The fraction of sp³-hybridized carbons (Fsp3) is 0.538. The van der Waals surface area contributed by atoms with Crippen LogP contribution in [0.2, 0.25) is 0 Å². The fourth-order valence-corrected chi connectivity index (χ4v) is 1.08. The van der Waals surface area contributed by atoms with E-state index < -0.39 is 18.7 Å². The fourth-order valence-electron chi connectivity index (χ4n) is 1.08. The van der Waals surface area contributed by atoms with Gasteiger partial charge in [-0.25, -0.2) is 6.42 Å². The first kappa shape index (κ1) is 23.7. The molecule has 0 spiro atoms. The van der Waals surface area contributed by atoms with Gasteiger partial charge in [-0.1, -0.05) is 11.2 Å². The number of carbonyl (C=O) groups is 1. The van der Waals surface area contributed by atoms with Crippen LogP contribution in [0.4, 0.5) is 13.2 Å². The minimum atomic E-state index is -4.38. The predicted molar refractivity (Wildman–Crippen MR) is 72.3 cm³/mol. The maximum atomic E-state index is 11.8. The Bertz CT molecular complexity index is 374. The molecule has 0 bridgehead atoms. The number of halogens is 3. The van der Waals surface area contributed by atoms with Crippen molar-refractivity contribution in [2.24, 2.45) is 11.1 Å². The molecule has 22 heavy (non-hydrogen) atoms. The molecule has 5 nitrogen and oxygen atoms in total. The number of nitrogens with one attached hydrogen (secondary N) is 1. The van der Waals surface area contributed by atoms with Crippen molar-refractivity contribution in [3.8, 4) is 0 Å². The maximum absolute atomic E-state index is 11.8. The SMILES string of the molecule is [CH2-]CC([CH2-])CNC(=O)C(/C=C/COCC(F)(F)F)=N/OC.[U+2]. The Hall–Kier alpha value is -0.518. The van der Waals surface area contributed by atoms with Crippen molar-refractivity contribution in [3.05, 3.63) is 26.0 Å². The van der Waals surface area contributed by atoms with E-state index in [1.165, 1.54) is 19.3 Å². The molecule has 1 atom stereocenters. The van der Waals surface area contributed by atoms with E-state index in [9.17, 15) is 18.0 Å². The Balaban J connectivity index is 0. The zero-order valence-corrected chi connectivity index (χ0v) is 16.4. The molecule has 0 aromatic rings. The number of rotatable bonds is 9. The Morgan fingerprint density at radius 2 is 2.09 bits per heavy atom. The van der Waals surface area contributed by atoms with Gasteiger partial charge in [0.25, 0.3) is 5.91 Å². The summed E-state index contributed by atoms with van der Waals surface area (Å²) in [4.78, 5) is 16.2. The molecule has 0 aliphatic heterocycles. The minimum absolute atomic E-state index is 0. The molecule has 0 fully saturated rings. The van der Waals surface area contributed by atoms with E-state index in [-0.39, 0.29) is 49.3 Å². The van der Waals surface area contributed by atoms with Gasteiger partial charge in [-0.2, -0.15) is 19.1 Å². The van der Waals surface area contributed by atoms with Gasteiger partial charge in [0.05, 0.1) is 6.61 Å². The third-order valence-electron chi connectivity index (χ3n) is 2.14. The second-order valence-corrected chi connectivity index (χ2v) is 4.06. The van der Waals surface area contributed by atoms with E-state index in [0.717, 1.165) is 0 Å². The van der Waals surface area contributed by atoms with Gasteiger partial charge in [-0.05, 0) is 12.6 Å². The zero-order valence-electron chi connectivity index (χ0n) is 12.3. The van der Waals surface area contributed by atoms with Crippen molar-refractivity contribution in [2.45, 2.75) is 12.6 Å². The zero-order chi connectivity index (χ0) is 16.3. The molecule has 0 saturated heterocycles. The molecular formula is C13H19F3N2O3U. The normalized spacial score (nSPS) is 13.6. The topological polar surface area (TPSA) is 59.9 Å². The van der Waals surface area contributed by atoms with Gasteiger partial charge >= 0.3 is 37.3 Å². The Morgan fingerprint density at radius 1 is 1.45 bits per heavy atom. The van der Waals surface area contributed by atoms with Gasteiger partial charge in [0.2, 0.25) is 0 Å². The van der Waals surface area contributed by atoms with Crippen molar-refractivity contribution in [1.29, 1.82) is 0 Å². The van der Waals surface area contributed by atoms with Crippen LogP contribution in [0.25, 0.3) is 0 Å². The molecule has 0 saturated carbocycles. The summed E-state index contributed by atoms with van der Waals surface area (Å²) < 4.78 is 39.9. The summed E-state index contributed by atoms with van der Waals surface area (Å²) in [5, 5.41) is 6.04. The second-order valence-electron chi connectivity index (χ2n) is 4.06. The molecule has 1 amide bonds. The molecule has 1 N–H and O–H groups in total. The number of nitrogens with zero attached hydrogens (tertiary/aromatic N) is 1. The number of hydrogen-bond acceptors (Lipinski definition) is 4. The molecule has 0 radical (unpaired) electrons. The molecular weight excluding hydrogens is 527 g/mol. The summed E-state index contributed by atoms with van der Waals surface area (Å²) in [5.41, 5.74) is -0.0793. The molecule has 124 valence electrons. The van der Waals surface area contributed by atoms with Gasteiger partial charge in [0.15, 0.2) is 5.71 Å². The van der Waals surface area contributed by atoms with Crippen LogP contribution in [-0.2, 0) is 14.4 Å². The van der Waals surface area contributed by atoms with E-state index in [4.69, 9.17) is 0 Å². The summed E-state index contributed by atoms with van der Waals surface area (Å²) in [5.74, 6) is -0.567. The van der Waals surface area contributed by atoms with Gasteiger partial charge < -0.3 is 28.7 Å². The van der Waals surface area contributed by atoms with Gasteiger partial charge in [-0.15, -0.1) is 0 Å². The summed E-state index contributed by atoms with van der Waals surface area (Å²) in [7, 11) is 1.25. The molecule has 0 aliphatic rings. The van der Waals surface area contributed by atoms with Crippen LogP contribution in [0.15, 0.2) is 17.3 Å². The number of oxime groups is 1. The molecule has 9 heteroatoms. The third-order valence-corrected chi connectivity index (χ3v) is 2.14. The molecule has 0 aliphatic carbocycles. The first-order valence-electron chi connectivity index (χ1n) is 6.12. The van der Waals surface area contributed by atoms with Gasteiger partial charge in [0, 0.05) is 0 Å². The largest absolute Gasteiger partial charge is 2.00 e. The summed E-state index contributed by atoms with van der Waals surface area (Å²) in [6.45, 7) is 6.05. The van der Waals surface area contributed by atoms with E-state index in [1.807, 2.05) is 0 Å². The van der Waals surface area contributed by atoms with Crippen LogP contribution >= 0.6 is 0 Å². The Labute approximate surface area is 152 Å². The third kappa shape index (κ3) is 13.2. The number of ether oxygens (including phenoxy) is 1. The van der Waals surface area contributed by atoms with Gasteiger partial charge in [0.1, 0.15) is 13.7 Å². The van der Waals surface area contributed by atoms with Gasteiger partial charge in [-0.3, -0.25) is 4.79 Å². The number of alkyl halides is 3. The molecule has 0 heterocycles. The van der Waals surface area contributed by atoms with Crippen LogP contribution in [0.1, 0.15) is 6.42 Å². The van der Waals surface area contributed by atoms with E-state index >= 15 is 0 Å². The Kier molecular flexibility index (Phi) is 14.0. The molecule has 0 rings (SSSR count).